The van der Waals surface area contributed by atoms with Gasteiger partial charge in [-0.3, -0.25) is 0 Å². The Hall–Kier alpha value is -2.52. The third-order valence-electron chi connectivity index (χ3n) is 3.09. The highest BCUT2D eigenvalue weighted by molar-refractivity contribution is 6.30. The highest BCUT2D eigenvalue weighted by Crippen LogP contribution is 2.22. The van der Waals surface area contributed by atoms with E-state index in [1.807, 2.05) is 48.5 Å². The number of nitrogens with one attached hydrogen (secondary N) is 1. The van der Waals surface area contributed by atoms with Crippen molar-refractivity contribution in [2.45, 2.75) is 0 Å². The molecule has 0 aliphatic rings. The van der Waals surface area contributed by atoms with Gasteiger partial charge in [0.15, 0.2) is 5.55 Å². The van der Waals surface area contributed by atoms with Crippen molar-refractivity contribution in [3.8, 4) is 11.1 Å². The van der Waals surface area contributed by atoms with Crippen LogP contribution in [0, 0.1) is 0 Å². The summed E-state index contributed by atoms with van der Waals surface area (Å²) >= 11 is 5.90. The van der Waals surface area contributed by atoms with Crippen LogP contribution < -0.4 is 16.5 Å². The van der Waals surface area contributed by atoms with Gasteiger partial charge in [0.2, 0.25) is 0 Å². The number of hydrogen-bond acceptors (Lipinski definition) is 2. The normalized spacial score (nSPS) is 11.8. The maximum Gasteiger partial charge on any atom is 0.361 e. The molecular formula is C17H12ClNO2. The molecule has 21 heavy (non-hydrogen) atoms. The molecule has 2 aromatic carbocycles. The predicted octanol–water partition coefficient (Wildman–Crippen LogP) is 2.53. The first-order valence-corrected chi connectivity index (χ1v) is 6.75. The van der Waals surface area contributed by atoms with E-state index in [1.54, 1.807) is 6.08 Å². The van der Waals surface area contributed by atoms with Gasteiger partial charge in [-0.25, -0.2) is 4.79 Å². The van der Waals surface area contributed by atoms with Crippen molar-refractivity contribution in [2.75, 3.05) is 0 Å². The van der Waals surface area contributed by atoms with Crippen LogP contribution in [-0.2, 0) is 0 Å². The van der Waals surface area contributed by atoms with Gasteiger partial charge in [0.25, 0.3) is 0 Å². The van der Waals surface area contributed by atoms with E-state index < -0.39 is 5.63 Å². The number of H-pyrrole nitrogens is 1. The van der Waals surface area contributed by atoms with Gasteiger partial charge < -0.3 is 9.40 Å². The van der Waals surface area contributed by atoms with E-state index in [2.05, 4.69) is 11.6 Å². The number of aromatic amines is 1. The van der Waals surface area contributed by atoms with E-state index in [9.17, 15) is 4.79 Å². The summed E-state index contributed by atoms with van der Waals surface area (Å²) in [5.41, 5.74) is 2.84. The molecular weight excluding hydrogens is 286 g/mol. The van der Waals surface area contributed by atoms with Gasteiger partial charge in [-0.1, -0.05) is 41.9 Å². The van der Waals surface area contributed by atoms with Crippen molar-refractivity contribution in [2.24, 2.45) is 0 Å². The largest absolute Gasteiger partial charge is 0.405 e. The van der Waals surface area contributed by atoms with Gasteiger partial charge in [0, 0.05) is 5.02 Å². The smallest absolute Gasteiger partial charge is 0.361 e. The Morgan fingerprint density at radius 1 is 1.10 bits per heavy atom. The molecule has 3 aromatic rings. The molecule has 0 aliphatic heterocycles. The highest BCUT2D eigenvalue weighted by Gasteiger charge is 2.00. The summed E-state index contributed by atoms with van der Waals surface area (Å²) in [6.45, 7) is 3.56. The lowest BCUT2D eigenvalue weighted by Crippen LogP contribution is -2.20. The zero-order valence-corrected chi connectivity index (χ0v) is 11.9. The summed E-state index contributed by atoms with van der Waals surface area (Å²) in [6.07, 6.45) is 1.74. The third kappa shape index (κ3) is 2.98. The minimum atomic E-state index is -0.420. The number of aromatic nitrogens is 1. The number of rotatable bonds is 2. The minimum Gasteiger partial charge on any atom is -0.405 e. The second kappa shape index (κ2) is 5.46. The molecule has 0 amide bonds. The lowest BCUT2D eigenvalue weighted by molar-refractivity contribution is 0.488. The molecule has 3 nitrogen and oxygen atoms in total. The molecule has 1 aromatic heterocycles. The number of oxazole rings is 1. The second-order valence-corrected chi connectivity index (χ2v) is 5.06. The zero-order valence-electron chi connectivity index (χ0n) is 11.1. The molecule has 104 valence electrons. The summed E-state index contributed by atoms with van der Waals surface area (Å²) in [5.74, 6) is 0. The van der Waals surface area contributed by atoms with Crippen LogP contribution in [0.25, 0.3) is 23.8 Å². The first kappa shape index (κ1) is 13.5. The van der Waals surface area contributed by atoms with Crippen LogP contribution in [0.15, 0.2) is 57.7 Å². The second-order valence-electron chi connectivity index (χ2n) is 4.63. The van der Waals surface area contributed by atoms with E-state index in [-0.39, 0.29) is 5.55 Å². The Balaban J connectivity index is 2.07. The average molecular weight is 298 g/mol. The zero-order chi connectivity index (χ0) is 14.8. The minimum absolute atomic E-state index is 0.250. The van der Waals surface area contributed by atoms with Gasteiger partial charge >= 0.3 is 5.63 Å². The average Bonchev–Trinajstić information content (AvgIpc) is 2.78. The molecule has 0 atom stereocenters. The summed E-state index contributed by atoms with van der Waals surface area (Å²) in [6, 6.07) is 15.5. The maximum absolute atomic E-state index is 11.6. The Morgan fingerprint density at radius 2 is 1.86 bits per heavy atom. The molecule has 0 aliphatic carbocycles. The van der Waals surface area contributed by atoms with Gasteiger partial charge in [-0.15, -0.1) is 0 Å². The van der Waals surface area contributed by atoms with Crippen molar-refractivity contribution in [3.05, 3.63) is 80.4 Å². The van der Waals surface area contributed by atoms with Gasteiger partial charge in [0.1, 0.15) is 5.35 Å². The lowest BCUT2D eigenvalue weighted by atomic mass is 10.0. The molecule has 4 heteroatoms. The van der Waals surface area contributed by atoms with Gasteiger partial charge in [-0.05, 0) is 47.5 Å². The summed E-state index contributed by atoms with van der Waals surface area (Å²) < 4.78 is 4.85. The summed E-state index contributed by atoms with van der Waals surface area (Å²) in [4.78, 5) is 14.3. The van der Waals surface area contributed by atoms with Crippen LogP contribution >= 0.6 is 11.6 Å². The number of benzene rings is 2. The molecule has 0 bridgehead atoms. The molecule has 1 heterocycles. The van der Waals surface area contributed by atoms with Crippen molar-refractivity contribution >= 4 is 24.3 Å². The lowest BCUT2D eigenvalue weighted by Gasteiger charge is -2.03. The van der Waals surface area contributed by atoms with E-state index in [0.29, 0.717) is 10.4 Å². The van der Waals surface area contributed by atoms with Crippen molar-refractivity contribution < 1.29 is 4.42 Å². The van der Waals surface area contributed by atoms with E-state index in [4.69, 9.17) is 16.0 Å². The first-order valence-electron chi connectivity index (χ1n) is 6.37. The summed E-state index contributed by atoms with van der Waals surface area (Å²) in [7, 11) is 0. The number of hydrogen-bond donors (Lipinski definition) is 1. The monoisotopic (exact) mass is 297 g/mol. The van der Waals surface area contributed by atoms with E-state index in [0.717, 1.165) is 16.7 Å². The fourth-order valence-electron chi connectivity index (χ4n) is 2.11. The van der Waals surface area contributed by atoms with E-state index >= 15 is 0 Å². The first-order chi connectivity index (χ1) is 10.1. The Labute approximate surface area is 125 Å². The molecule has 0 radical (unpaired) electrons. The van der Waals surface area contributed by atoms with Crippen molar-refractivity contribution in [1.82, 2.24) is 4.98 Å². The van der Waals surface area contributed by atoms with Gasteiger partial charge in [-0.2, -0.15) is 0 Å². The Kier molecular flexibility index (Phi) is 3.50. The van der Waals surface area contributed by atoms with Crippen LogP contribution in [-0.4, -0.2) is 4.98 Å². The SMILES string of the molecule is C=c1[nH]c(=Cc2cccc(-c3ccc(Cl)cc3)c2)c(=O)o1. The molecule has 0 saturated heterocycles. The van der Waals surface area contributed by atoms with Crippen molar-refractivity contribution in [1.29, 1.82) is 0 Å². The van der Waals surface area contributed by atoms with E-state index in [1.165, 1.54) is 0 Å². The molecule has 0 saturated carbocycles. The van der Waals surface area contributed by atoms with Crippen LogP contribution in [0.3, 0.4) is 0 Å². The standard InChI is InChI=1S/C17H12ClNO2/c1-11-19-16(17(20)21-11)10-12-3-2-4-14(9-12)13-5-7-15(18)8-6-13/h2-10,19H,1H2. The highest BCUT2D eigenvalue weighted by atomic mass is 35.5. The topological polar surface area (TPSA) is 46.0 Å². The molecule has 0 fully saturated rings. The fourth-order valence-corrected chi connectivity index (χ4v) is 2.23. The Bertz CT molecular complexity index is 936. The quantitative estimate of drug-likeness (QED) is 0.790. The van der Waals surface area contributed by atoms with Crippen LogP contribution in [0.1, 0.15) is 5.56 Å². The Morgan fingerprint density at radius 3 is 2.52 bits per heavy atom. The maximum atomic E-state index is 11.6. The molecule has 0 unspecified atom stereocenters. The van der Waals surface area contributed by atoms with Crippen molar-refractivity contribution in [3.63, 3.8) is 0 Å². The number of halogens is 1. The molecule has 0 spiro atoms. The fraction of sp³-hybridized carbons (Fsp3) is 0. The van der Waals surface area contributed by atoms with Crippen LogP contribution in [0.5, 0.6) is 0 Å². The third-order valence-corrected chi connectivity index (χ3v) is 3.34. The molecule has 3 rings (SSSR count). The van der Waals surface area contributed by atoms with Crippen LogP contribution in [0.4, 0.5) is 0 Å². The molecule has 1 N–H and O–H groups in total. The van der Waals surface area contributed by atoms with Crippen LogP contribution in [0.2, 0.25) is 5.02 Å². The summed E-state index contributed by atoms with van der Waals surface area (Å²) in [5, 5.41) is 1.08. The van der Waals surface area contributed by atoms with Gasteiger partial charge in [0.05, 0.1) is 0 Å². The predicted molar refractivity (Wildman–Crippen MR) is 84.6 cm³/mol.